The number of aryl methyl sites for hydroxylation is 1. The van der Waals surface area contributed by atoms with Gasteiger partial charge in [-0.2, -0.15) is 9.61 Å². The van der Waals surface area contributed by atoms with Gasteiger partial charge in [0.25, 0.3) is 0 Å². The van der Waals surface area contributed by atoms with E-state index >= 15 is 0 Å². The maximum Gasteiger partial charge on any atom is 0.165 e. The summed E-state index contributed by atoms with van der Waals surface area (Å²) < 4.78 is 13.0. The molecule has 1 saturated carbocycles. The monoisotopic (exact) mass is 406 g/mol. The molecule has 0 spiro atoms. The third-order valence-corrected chi connectivity index (χ3v) is 6.76. The van der Waals surface area contributed by atoms with Gasteiger partial charge in [-0.3, -0.25) is 0 Å². The summed E-state index contributed by atoms with van der Waals surface area (Å²) in [7, 11) is 3.32. The van der Waals surface area contributed by atoms with Crippen LogP contribution in [0, 0.1) is 6.92 Å². The minimum Gasteiger partial charge on any atom is -0.493 e. The van der Waals surface area contributed by atoms with Crippen molar-refractivity contribution in [2.75, 3.05) is 25.7 Å². The summed E-state index contributed by atoms with van der Waals surface area (Å²) in [6, 6.07) is 6.61. The zero-order valence-electron chi connectivity index (χ0n) is 18.1. The molecule has 2 aromatic heterocycles. The summed E-state index contributed by atoms with van der Waals surface area (Å²) >= 11 is 0. The first-order valence-electron chi connectivity index (χ1n) is 11.1. The molecule has 30 heavy (non-hydrogen) atoms. The highest BCUT2D eigenvalue weighted by Gasteiger charge is 2.31. The maximum atomic E-state index is 5.51. The molecular weight excluding hydrogens is 376 g/mol. The van der Waals surface area contributed by atoms with Crippen LogP contribution in [0.25, 0.3) is 16.8 Å². The van der Waals surface area contributed by atoms with Crippen molar-refractivity contribution in [1.82, 2.24) is 14.6 Å². The van der Waals surface area contributed by atoms with E-state index < -0.39 is 0 Å². The van der Waals surface area contributed by atoms with Crippen molar-refractivity contribution in [3.8, 4) is 22.6 Å². The van der Waals surface area contributed by atoms with E-state index in [4.69, 9.17) is 19.6 Å². The van der Waals surface area contributed by atoms with Crippen LogP contribution >= 0.6 is 0 Å². The first kappa shape index (κ1) is 19.2. The molecular formula is C24H30N4O2. The van der Waals surface area contributed by atoms with Crippen LogP contribution in [0.15, 0.2) is 24.4 Å². The Bertz CT molecular complexity index is 1070. The molecule has 0 unspecified atom stereocenters. The smallest absolute Gasteiger partial charge is 0.165 e. The van der Waals surface area contributed by atoms with Gasteiger partial charge in [-0.05, 0) is 43.9 Å². The highest BCUT2D eigenvalue weighted by molar-refractivity contribution is 5.80. The topological polar surface area (TPSA) is 51.9 Å². The zero-order valence-corrected chi connectivity index (χ0v) is 18.1. The Morgan fingerprint density at radius 1 is 1.00 bits per heavy atom. The molecule has 6 nitrogen and oxygen atoms in total. The molecule has 0 saturated heterocycles. The number of ether oxygens (including phenoxy) is 2. The van der Waals surface area contributed by atoms with Crippen LogP contribution in [0.5, 0.6) is 11.5 Å². The summed E-state index contributed by atoms with van der Waals surface area (Å²) in [4.78, 5) is 7.60. The molecule has 5 rings (SSSR count). The minimum absolute atomic E-state index is 0.618. The number of hydrogen-bond donors (Lipinski definition) is 0. The third kappa shape index (κ3) is 3.09. The summed E-state index contributed by atoms with van der Waals surface area (Å²) in [5.74, 6) is 2.70. The average Bonchev–Trinajstić information content (AvgIpc) is 3.29. The van der Waals surface area contributed by atoms with Crippen LogP contribution in [0.2, 0.25) is 0 Å². The Hall–Kier alpha value is -2.76. The van der Waals surface area contributed by atoms with Gasteiger partial charge in [-0.15, -0.1) is 0 Å². The standard InChI is InChI=1S/C24H30N4O2/c1-16-19-12-13-27(18-8-6-4-5-7-9-18)24(19)28-23(26-16)20(15-25-28)17-10-11-21(29-2)22(14-17)30-3/h10-11,14-15,18H,4-9,12-13H2,1-3H3. The van der Waals surface area contributed by atoms with Crippen molar-refractivity contribution in [1.29, 1.82) is 0 Å². The van der Waals surface area contributed by atoms with Crippen molar-refractivity contribution < 1.29 is 9.47 Å². The number of benzene rings is 1. The fourth-order valence-electron chi connectivity index (χ4n) is 5.18. The second kappa shape index (κ2) is 7.82. The molecule has 0 bridgehead atoms. The predicted octanol–water partition coefficient (Wildman–Crippen LogP) is 4.81. The Labute approximate surface area is 177 Å². The lowest BCUT2D eigenvalue weighted by molar-refractivity contribution is 0.355. The molecule has 158 valence electrons. The number of aromatic nitrogens is 3. The predicted molar refractivity (Wildman–Crippen MR) is 119 cm³/mol. The second-order valence-corrected chi connectivity index (χ2v) is 8.45. The summed E-state index contributed by atoms with van der Waals surface area (Å²) in [6.07, 6.45) is 11.0. The number of rotatable bonds is 4. The third-order valence-electron chi connectivity index (χ3n) is 6.76. The zero-order chi connectivity index (χ0) is 20.7. The molecule has 0 amide bonds. The van der Waals surface area contributed by atoms with Crippen LogP contribution < -0.4 is 14.4 Å². The number of methoxy groups -OCH3 is 2. The highest BCUT2D eigenvalue weighted by Crippen LogP contribution is 2.38. The van der Waals surface area contributed by atoms with E-state index in [2.05, 4.69) is 16.3 Å². The Morgan fingerprint density at radius 3 is 2.50 bits per heavy atom. The molecule has 1 aromatic carbocycles. The van der Waals surface area contributed by atoms with Gasteiger partial charge < -0.3 is 14.4 Å². The van der Waals surface area contributed by atoms with Gasteiger partial charge in [0.1, 0.15) is 5.82 Å². The highest BCUT2D eigenvalue weighted by atomic mass is 16.5. The van der Waals surface area contributed by atoms with Crippen LogP contribution in [-0.4, -0.2) is 41.4 Å². The van der Waals surface area contributed by atoms with Gasteiger partial charge in [-0.25, -0.2) is 4.98 Å². The van der Waals surface area contributed by atoms with Crippen molar-refractivity contribution in [3.05, 3.63) is 35.7 Å². The SMILES string of the molecule is COc1ccc(-c2cnn3c4c(c(C)nc23)CCN4C2CCCCCC2)cc1OC. The number of anilines is 1. The number of hydrogen-bond acceptors (Lipinski definition) is 5. The first-order chi connectivity index (χ1) is 14.7. The summed E-state index contributed by atoms with van der Waals surface area (Å²) in [5.41, 5.74) is 5.45. The quantitative estimate of drug-likeness (QED) is 0.582. The first-order valence-corrected chi connectivity index (χ1v) is 11.1. The van der Waals surface area contributed by atoms with E-state index in [9.17, 15) is 0 Å². The molecule has 6 heteroatoms. The maximum absolute atomic E-state index is 5.51. The fraction of sp³-hybridized carbons (Fsp3) is 0.500. The van der Waals surface area contributed by atoms with Gasteiger partial charge in [-0.1, -0.05) is 31.7 Å². The Balaban J connectivity index is 1.62. The normalized spacial score (nSPS) is 17.2. The van der Waals surface area contributed by atoms with E-state index in [1.54, 1.807) is 14.2 Å². The Kier molecular flexibility index (Phi) is 5.01. The van der Waals surface area contributed by atoms with Crippen molar-refractivity contribution >= 4 is 11.5 Å². The van der Waals surface area contributed by atoms with Gasteiger partial charge in [0.05, 0.1) is 20.4 Å². The summed E-state index contributed by atoms with van der Waals surface area (Å²) in [5, 5.41) is 4.81. The lowest BCUT2D eigenvalue weighted by Gasteiger charge is -2.29. The van der Waals surface area contributed by atoms with Crippen molar-refractivity contribution in [2.45, 2.75) is 57.9 Å². The molecule has 1 aliphatic heterocycles. The minimum atomic E-state index is 0.618. The van der Waals surface area contributed by atoms with Crippen LogP contribution in [-0.2, 0) is 6.42 Å². The molecule has 0 radical (unpaired) electrons. The molecule has 1 fully saturated rings. The van der Waals surface area contributed by atoms with Crippen LogP contribution in [0.1, 0.15) is 49.8 Å². The molecule has 0 N–H and O–H groups in total. The van der Waals surface area contributed by atoms with Crippen molar-refractivity contribution in [3.63, 3.8) is 0 Å². The lowest BCUT2D eigenvalue weighted by atomic mass is 10.1. The number of fused-ring (bicyclic) bond motifs is 3. The van der Waals surface area contributed by atoms with Crippen LogP contribution in [0.3, 0.4) is 0 Å². The lowest BCUT2D eigenvalue weighted by Crippen LogP contribution is -2.34. The number of nitrogens with zero attached hydrogens (tertiary/aromatic N) is 4. The van der Waals surface area contributed by atoms with E-state index in [1.807, 2.05) is 24.4 Å². The fourth-order valence-corrected chi connectivity index (χ4v) is 5.18. The van der Waals surface area contributed by atoms with Crippen molar-refractivity contribution in [2.24, 2.45) is 0 Å². The van der Waals surface area contributed by atoms with E-state index in [0.717, 1.165) is 41.2 Å². The molecule has 1 aliphatic carbocycles. The van der Waals surface area contributed by atoms with Gasteiger partial charge >= 0.3 is 0 Å². The van der Waals surface area contributed by atoms with Gasteiger partial charge in [0, 0.05) is 29.4 Å². The Morgan fingerprint density at radius 2 is 1.77 bits per heavy atom. The molecule has 0 atom stereocenters. The molecule has 3 aromatic rings. The van der Waals surface area contributed by atoms with E-state index in [-0.39, 0.29) is 0 Å². The van der Waals surface area contributed by atoms with Gasteiger partial charge in [0.2, 0.25) is 0 Å². The van der Waals surface area contributed by atoms with E-state index in [1.165, 1.54) is 49.9 Å². The largest absolute Gasteiger partial charge is 0.493 e. The average molecular weight is 407 g/mol. The van der Waals surface area contributed by atoms with Crippen LogP contribution in [0.4, 0.5) is 5.82 Å². The van der Waals surface area contributed by atoms with E-state index in [0.29, 0.717) is 11.8 Å². The molecule has 2 aliphatic rings. The summed E-state index contributed by atoms with van der Waals surface area (Å²) in [6.45, 7) is 3.22. The second-order valence-electron chi connectivity index (χ2n) is 8.45. The molecule has 3 heterocycles. The van der Waals surface area contributed by atoms with Gasteiger partial charge in [0.15, 0.2) is 17.1 Å².